The lowest BCUT2D eigenvalue weighted by molar-refractivity contribution is -0.128. The zero-order chi connectivity index (χ0) is 26.7. The number of hydrogen-bond donors (Lipinski definition) is 4. The molecule has 5 aliphatic carbocycles. The summed E-state index contributed by atoms with van der Waals surface area (Å²) in [5.74, 6) is 1.99. The topological polar surface area (TPSA) is 103 Å². The van der Waals surface area contributed by atoms with Gasteiger partial charge in [0.25, 0.3) is 0 Å². The molecule has 5 aliphatic rings. The number of amides is 2. The van der Waals surface area contributed by atoms with Gasteiger partial charge in [-0.15, -0.1) is 0 Å². The molecule has 4 bridgehead atoms. The largest absolute Gasteiger partial charge is 0.494 e. The summed E-state index contributed by atoms with van der Waals surface area (Å²) in [5.41, 5.74) is 0.834. The van der Waals surface area contributed by atoms with Gasteiger partial charge in [-0.3, -0.25) is 20.3 Å². The molecule has 7 nitrogen and oxygen atoms in total. The van der Waals surface area contributed by atoms with Gasteiger partial charge in [-0.1, -0.05) is 38.2 Å². The van der Waals surface area contributed by atoms with Crippen LogP contribution in [-0.2, 0) is 16.1 Å². The minimum atomic E-state index is -0.618. The van der Waals surface area contributed by atoms with Crippen LogP contribution in [0, 0.1) is 40.3 Å². The zero-order valence-corrected chi connectivity index (χ0v) is 22.6. The van der Waals surface area contributed by atoms with Crippen molar-refractivity contribution in [3.63, 3.8) is 0 Å². The lowest BCUT2D eigenvalue weighted by Crippen LogP contribution is -2.53. The summed E-state index contributed by atoms with van der Waals surface area (Å²) < 4.78 is 18.8. The summed E-state index contributed by atoms with van der Waals surface area (Å²) in [4.78, 5) is 26.3. The number of nitrogens with one attached hydrogen (secondary N) is 4. The van der Waals surface area contributed by atoms with Crippen LogP contribution < -0.4 is 20.7 Å². The van der Waals surface area contributed by atoms with E-state index in [0.29, 0.717) is 18.8 Å². The minimum absolute atomic E-state index is 0.0980. The first-order valence-corrected chi connectivity index (χ1v) is 14.6. The number of guanidine groups is 1. The quantitative estimate of drug-likeness (QED) is 0.267. The van der Waals surface area contributed by atoms with Gasteiger partial charge in [0, 0.05) is 13.0 Å². The fraction of sp³-hybridized carbons (Fsp3) is 0.700. The molecule has 4 N–H and O–H groups in total. The molecule has 0 spiro atoms. The van der Waals surface area contributed by atoms with Gasteiger partial charge < -0.3 is 15.4 Å². The first-order valence-electron chi connectivity index (χ1n) is 14.6. The molecule has 8 heteroatoms. The molecule has 2 amide bonds. The number of carbonyl (C=O) groups excluding carboxylic acids is 2. The second-order valence-corrected chi connectivity index (χ2v) is 12.6. The van der Waals surface area contributed by atoms with Crippen LogP contribution in [0.2, 0.25) is 0 Å². The summed E-state index contributed by atoms with van der Waals surface area (Å²) in [6.07, 6.45) is 14.2. The van der Waals surface area contributed by atoms with Crippen molar-refractivity contribution in [3.05, 3.63) is 29.6 Å². The lowest BCUT2D eigenvalue weighted by atomic mass is 9.49. The number of halogens is 1. The molecular formula is C30H43FN4O3. The van der Waals surface area contributed by atoms with E-state index >= 15 is 0 Å². The smallest absolute Gasteiger partial charge is 0.242 e. The Morgan fingerprint density at radius 1 is 1.08 bits per heavy atom. The number of carbonyl (C=O) groups is 2. The summed E-state index contributed by atoms with van der Waals surface area (Å²) in [5, 5.41) is 17.2. The van der Waals surface area contributed by atoms with E-state index in [0.717, 1.165) is 68.3 Å². The van der Waals surface area contributed by atoms with Crippen LogP contribution in [0.3, 0.4) is 0 Å². The Bertz CT molecular complexity index is 1000. The van der Waals surface area contributed by atoms with Crippen LogP contribution in [0.4, 0.5) is 4.39 Å². The van der Waals surface area contributed by atoms with Gasteiger partial charge in [0.05, 0.1) is 7.11 Å². The fourth-order valence-corrected chi connectivity index (χ4v) is 8.36. The predicted molar refractivity (Wildman–Crippen MR) is 144 cm³/mol. The lowest BCUT2D eigenvalue weighted by Gasteiger charge is -2.56. The number of rotatable bonds is 9. The van der Waals surface area contributed by atoms with Crippen molar-refractivity contribution in [2.75, 3.05) is 7.11 Å². The maximum atomic E-state index is 13.8. The number of hydrogen-bond acceptors (Lipinski definition) is 4. The van der Waals surface area contributed by atoms with E-state index in [4.69, 9.17) is 10.1 Å². The molecule has 0 aliphatic heterocycles. The first-order chi connectivity index (χ1) is 18.3. The van der Waals surface area contributed by atoms with E-state index in [2.05, 4.69) is 16.0 Å². The van der Waals surface area contributed by atoms with Crippen molar-refractivity contribution in [1.82, 2.24) is 16.0 Å². The third-order valence-electron chi connectivity index (χ3n) is 9.58. The second-order valence-electron chi connectivity index (χ2n) is 12.6. The first kappa shape index (κ1) is 26.9. The fourth-order valence-electron chi connectivity index (χ4n) is 8.36. The van der Waals surface area contributed by atoms with Gasteiger partial charge in [0.1, 0.15) is 6.04 Å². The highest BCUT2D eigenvalue weighted by atomic mass is 19.1. The van der Waals surface area contributed by atoms with Gasteiger partial charge in [-0.2, -0.15) is 0 Å². The molecular weight excluding hydrogens is 483 g/mol. The SMILES string of the molecule is COc1cc(CNC(=O)[C@@H](CC2CCCCC2)NC(=N)NC(=O)C[C@]23C[C@H]4C[C@H](C[C@H](C4)C2)C3)ccc1F. The molecule has 0 radical (unpaired) electrons. The molecule has 1 atom stereocenters. The highest BCUT2D eigenvalue weighted by Crippen LogP contribution is 2.61. The normalized spacial score (nSPS) is 28.9. The van der Waals surface area contributed by atoms with Gasteiger partial charge in [0.15, 0.2) is 17.5 Å². The molecule has 6 rings (SSSR count). The average Bonchev–Trinajstić information content (AvgIpc) is 2.87. The number of benzene rings is 1. The van der Waals surface area contributed by atoms with E-state index in [1.54, 1.807) is 12.1 Å². The molecule has 1 aromatic carbocycles. The van der Waals surface area contributed by atoms with Crippen LogP contribution in [0.1, 0.15) is 89.0 Å². The monoisotopic (exact) mass is 526 g/mol. The second kappa shape index (κ2) is 11.6. The number of methoxy groups -OCH3 is 1. The van der Waals surface area contributed by atoms with Crippen LogP contribution in [0.15, 0.2) is 18.2 Å². The molecule has 5 fully saturated rings. The van der Waals surface area contributed by atoms with E-state index in [-0.39, 0.29) is 35.5 Å². The minimum Gasteiger partial charge on any atom is -0.494 e. The zero-order valence-electron chi connectivity index (χ0n) is 22.6. The molecule has 0 aromatic heterocycles. The molecule has 0 unspecified atom stereocenters. The Morgan fingerprint density at radius 2 is 1.74 bits per heavy atom. The van der Waals surface area contributed by atoms with Crippen LogP contribution in [0.5, 0.6) is 5.75 Å². The van der Waals surface area contributed by atoms with Crippen molar-refractivity contribution < 1.29 is 18.7 Å². The van der Waals surface area contributed by atoms with Crippen molar-refractivity contribution in [2.45, 2.75) is 96.1 Å². The molecule has 0 saturated heterocycles. The van der Waals surface area contributed by atoms with Crippen LogP contribution >= 0.6 is 0 Å². The standard InChI is InChI=1S/C30H43FN4O3/c1-38-26-13-20(7-8-24(26)31)18-33-28(37)25(12-19-5-3-2-4-6-19)34-29(32)35-27(36)17-30-14-21-9-22(15-30)11-23(10-21)16-30/h7-8,13,19,21-23,25H,2-6,9-12,14-18H2,1H3,(H,33,37)(H3,32,34,35,36)/t21-,22+,23-,25-,30-/m1/s1. The summed E-state index contributed by atoms with van der Waals surface area (Å²) in [6, 6.07) is 3.90. The van der Waals surface area contributed by atoms with E-state index in [1.165, 1.54) is 38.9 Å². The Kier molecular flexibility index (Phi) is 8.24. The van der Waals surface area contributed by atoms with E-state index < -0.39 is 11.9 Å². The predicted octanol–water partition coefficient (Wildman–Crippen LogP) is 5.04. The molecule has 38 heavy (non-hydrogen) atoms. The van der Waals surface area contributed by atoms with Crippen LogP contribution in [-0.4, -0.2) is 30.9 Å². The molecule has 0 heterocycles. The summed E-state index contributed by atoms with van der Waals surface area (Å²) in [6.45, 7) is 0.226. The Hall–Kier alpha value is -2.64. The highest BCUT2D eigenvalue weighted by Gasteiger charge is 2.51. The van der Waals surface area contributed by atoms with Crippen molar-refractivity contribution >= 4 is 17.8 Å². The van der Waals surface area contributed by atoms with Gasteiger partial charge in [0.2, 0.25) is 11.8 Å². The molecule has 1 aromatic rings. The van der Waals surface area contributed by atoms with Gasteiger partial charge in [-0.25, -0.2) is 4.39 Å². The number of ether oxygens (including phenoxy) is 1. The van der Waals surface area contributed by atoms with Crippen molar-refractivity contribution in [1.29, 1.82) is 5.41 Å². The molecule has 5 saturated carbocycles. The Morgan fingerprint density at radius 3 is 2.37 bits per heavy atom. The average molecular weight is 527 g/mol. The Balaban J connectivity index is 1.17. The van der Waals surface area contributed by atoms with E-state index in [9.17, 15) is 14.0 Å². The highest BCUT2D eigenvalue weighted by molar-refractivity contribution is 5.97. The van der Waals surface area contributed by atoms with Crippen molar-refractivity contribution in [3.8, 4) is 5.75 Å². The maximum absolute atomic E-state index is 13.8. The van der Waals surface area contributed by atoms with Gasteiger partial charge in [-0.05, 0) is 91.7 Å². The maximum Gasteiger partial charge on any atom is 0.242 e. The molecule has 208 valence electrons. The van der Waals surface area contributed by atoms with Gasteiger partial charge >= 0.3 is 0 Å². The summed E-state index contributed by atoms with van der Waals surface area (Å²) in [7, 11) is 1.41. The Labute approximate surface area is 225 Å². The van der Waals surface area contributed by atoms with E-state index in [1.807, 2.05) is 0 Å². The summed E-state index contributed by atoms with van der Waals surface area (Å²) >= 11 is 0. The van der Waals surface area contributed by atoms with Crippen LogP contribution in [0.25, 0.3) is 0 Å². The third-order valence-corrected chi connectivity index (χ3v) is 9.58. The third kappa shape index (κ3) is 6.49. The van der Waals surface area contributed by atoms with Crippen molar-refractivity contribution in [2.24, 2.45) is 29.1 Å².